The van der Waals surface area contributed by atoms with E-state index in [9.17, 15) is 4.39 Å². The first-order valence-corrected chi connectivity index (χ1v) is 15.5. The summed E-state index contributed by atoms with van der Waals surface area (Å²) in [6.45, 7) is 4.57. The van der Waals surface area contributed by atoms with Crippen LogP contribution >= 0.6 is 0 Å². The van der Waals surface area contributed by atoms with Crippen LogP contribution in [0.2, 0.25) is 0 Å². The molecule has 7 aromatic rings. The Hall–Kier alpha value is -5.74. The van der Waals surface area contributed by atoms with E-state index in [1.807, 2.05) is 72.8 Å². The molecule has 0 saturated heterocycles. The molecule has 3 nitrogen and oxygen atoms in total. The molecular formula is C42H30FN3. The van der Waals surface area contributed by atoms with E-state index in [1.165, 1.54) is 34.4 Å². The van der Waals surface area contributed by atoms with Gasteiger partial charge in [-0.15, -0.1) is 0 Å². The van der Waals surface area contributed by atoms with Crippen molar-refractivity contribution >= 4 is 0 Å². The fraction of sp³-hybridized carbons (Fsp3) is 0.0714. The molecule has 0 fully saturated rings. The van der Waals surface area contributed by atoms with E-state index in [1.54, 1.807) is 0 Å². The second-order valence-electron chi connectivity index (χ2n) is 12.3. The van der Waals surface area contributed by atoms with Crippen molar-refractivity contribution in [3.63, 3.8) is 0 Å². The molecule has 6 aromatic carbocycles. The highest BCUT2D eigenvalue weighted by atomic mass is 19.1. The fourth-order valence-corrected chi connectivity index (χ4v) is 6.49. The van der Waals surface area contributed by atoms with Gasteiger partial charge in [0, 0.05) is 22.1 Å². The molecule has 8 rings (SSSR count). The summed E-state index contributed by atoms with van der Waals surface area (Å²) in [6.07, 6.45) is 0. The zero-order chi connectivity index (χ0) is 31.3. The van der Waals surface area contributed by atoms with Gasteiger partial charge in [0.1, 0.15) is 5.82 Å². The van der Waals surface area contributed by atoms with Gasteiger partial charge in [0.05, 0.1) is 0 Å². The number of fused-ring (bicyclic) bond motifs is 3. The lowest BCUT2D eigenvalue weighted by atomic mass is 9.81. The summed E-state index contributed by atoms with van der Waals surface area (Å²) in [5, 5.41) is 0. The van der Waals surface area contributed by atoms with Crippen LogP contribution < -0.4 is 0 Å². The maximum Gasteiger partial charge on any atom is 0.164 e. The standard InChI is InChI=1S/C42H30FN3/c1-42(2)37-25-32(19-23-35(37)36-24-20-33(26-38(36)42)28-17-21-34(43)22-18-28)27-13-15-31(16-14-27)41-45-39(29-9-5-3-6-10-29)44-40(46-41)30-11-7-4-8-12-30/h3-26H,1-2H3. The van der Waals surface area contributed by atoms with Gasteiger partial charge in [-0.2, -0.15) is 0 Å². The predicted octanol–water partition coefficient (Wildman–Crippen LogP) is 10.7. The van der Waals surface area contributed by atoms with Gasteiger partial charge in [-0.25, -0.2) is 19.3 Å². The van der Waals surface area contributed by atoms with E-state index in [2.05, 4.69) is 74.5 Å². The molecule has 0 bridgehead atoms. The molecule has 4 heteroatoms. The number of halogens is 1. The minimum absolute atomic E-state index is 0.177. The maximum atomic E-state index is 13.6. The molecule has 0 spiro atoms. The number of hydrogen-bond donors (Lipinski definition) is 0. The van der Waals surface area contributed by atoms with Gasteiger partial charge in [0.15, 0.2) is 17.5 Å². The highest BCUT2D eigenvalue weighted by Gasteiger charge is 2.35. The molecule has 0 unspecified atom stereocenters. The molecule has 1 aliphatic carbocycles. The Labute approximate surface area is 268 Å². The molecule has 0 amide bonds. The molecular weight excluding hydrogens is 565 g/mol. The number of aromatic nitrogens is 3. The second-order valence-corrected chi connectivity index (χ2v) is 12.3. The van der Waals surface area contributed by atoms with Crippen molar-refractivity contribution in [1.29, 1.82) is 0 Å². The lowest BCUT2D eigenvalue weighted by molar-refractivity contribution is 0.628. The first kappa shape index (κ1) is 27.8. The van der Waals surface area contributed by atoms with Crippen LogP contribution in [0.15, 0.2) is 146 Å². The first-order chi connectivity index (χ1) is 22.4. The van der Waals surface area contributed by atoms with Crippen molar-refractivity contribution in [1.82, 2.24) is 15.0 Å². The zero-order valence-corrected chi connectivity index (χ0v) is 25.6. The number of benzene rings is 6. The monoisotopic (exact) mass is 595 g/mol. The Bertz CT molecular complexity index is 2150. The number of hydrogen-bond acceptors (Lipinski definition) is 3. The lowest BCUT2D eigenvalue weighted by Crippen LogP contribution is -2.15. The highest BCUT2D eigenvalue weighted by molar-refractivity contribution is 5.86. The van der Waals surface area contributed by atoms with Crippen molar-refractivity contribution in [2.24, 2.45) is 0 Å². The minimum atomic E-state index is -0.222. The fourth-order valence-electron chi connectivity index (χ4n) is 6.49. The van der Waals surface area contributed by atoms with Crippen molar-refractivity contribution < 1.29 is 4.39 Å². The molecule has 0 atom stereocenters. The van der Waals surface area contributed by atoms with Crippen LogP contribution in [0.25, 0.3) is 67.5 Å². The largest absolute Gasteiger partial charge is 0.208 e. The quantitative estimate of drug-likeness (QED) is 0.199. The van der Waals surface area contributed by atoms with Gasteiger partial charge in [-0.3, -0.25) is 0 Å². The summed E-state index contributed by atoms with van der Waals surface area (Å²) in [6, 6.07) is 48.6. The van der Waals surface area contributed by atoms with Crippen molar-refractivity contribution in [3.05, 3.63) is 163 Å². The molecule has 0 radical (unpaired) electrons. The van der Waals surface area contributed by atoms with E-state index >= 15 is 0 Å². The van der Waals surface area contributed by atoms with Crippen molar-refractivity contribution in [2.45, 2.75) is 19.3 Å². The SMILES string of the molecule is CC1(C)c2cc(-c3ccc(F)cc3)ccc2-c2ccc(-c3ccc(-c4nc(-c5ccccc5)nc(-c5ccccc5)n4)cc3)cc21. The van der Waals surface area contributed by atoms with E-state index in [4.69, 9.17) is 15.0 Å². The van der Waals surface area contributed by atoms with Gasteiger partial charge >= 0.3 is 0 Å². The molecule has 0 N–H and O–H groups in total. The van der Waals surface area contributed by atoms with Crippen molar-refractivity contribution in [2.75, 3.05) is 0 Å². The van der Waals surface area contributed by atoms with Gasteiger partial charge < -0.3 is 0 Å². The summed E-state index contributed by atoms with van der Waals surface area (Å²) in [5.74, 6) is 1.72. The third-order valence-electron chi connectivity index (χ3n) is 9.03. The third-order valence-corrected chi connectivity index (χ3v) is 9.03. The van der Waals surface area contributed by atoms with E-state index < -0.39 is 0 Å². The molecule has 1 heterocycles. The molecule has 1 aromatic heterocycles. The Morgan fingerprint density at radius 1 is 0.391 bits per heavy atom. The average Bonchev–Trinajstić information content (AvgIpc) is 3.34. The lowest BCUT2D eigenvalue weighted by Gasteiger charge is -2.22. The summed E-state index contributed by atoms with van der Waals surface area (Å²) in [4.78, 5) is 14.6. The van der Waals surface area contributed by atoms with Crippen LogP contribution in [0, 0.1) is 5.82 Å². The van der Waals surface area contributed by atoms with Crippen LogP contribution in [0.1, 0.15) is 25.0 Å². The molecule has 0 saturated carbocycles. The van der Waals surface area contributed by atoms with Gasteiger partial charge in [0.25, 0.3) is 0 Å². The van der Waals surface area contributed by atoms with Gasteiger partial charge in [0.2, 0.25) is 0 Å². The van der Waals surface area contributed by atoms with Crippen LogP contribution in [0.3, 0.4) is 0 Å². The molecule has 46 heavy (non-hydrogen) atoms. The van der Waals surface area contributed by atoms with E-state index in [0.717, 1.165) is 38.9 Å². The Kier molecular flexibility index (Phi) is 6.65. The number of nitrogens with zero attached hydrogens (tertiary/aromatic N) is 3. The summed E-state index contributed by atoms with van der Waals surface area (Å²) in [7, 11) is 0. The number of rotatable bonds is 5. The highest BCUT2D eigenvalue weighted by Crippen LogP contribution is 2.50. The molecule has 220 valence electrons. The van der Waals surface area contributed by atoms with Gasteiger partial charge in [-0.05, 0) is 68.8 Å². The Morgan fingerprint density at radius 3 is 1.17 bits per heavy atom. The van der Waals surface area contributed by atoms with Crippen molar-refractivity contribution in [3.8, 4) is 67.5 Å². The normalized spacial score (nSPS) is 12.8. The zero-order valence-electron chi connectivity index (χ0n) is 25.6. The van der Waals surface area contributed by atoms with Crippen LogP contribution in [0.4, 0.5) is 4.39 Å². The molecule has 0 aliphatic heterocycles. The predicted molar refractivity (Wildman–Crippen MR) is 185 cm³/mol. The first-order valence-electron chi connectivity index (χ1n) is 15.5. The van der Waals surface area contributed by atoms with Crippen LogP contribution in [0.5, 0.6) is 0 Å². The maximum absolute atomic E-state index is 13.6. The van der Waals surface area contributed by atoms with E-state index in [-0.39, 0.29) is 11.2 Å². The topological polar surface area (TPSA) is 38.7 Å². The summed E-state index contributed by atoms with van der Waals surface area (Å²) in [5.41, 5.74) is 12.2. The Morgan fingerprint density at radius 2 is 0.739 bits per heavy atom. The van der Waals surface area contributed by atoms with E-state index in [0.29, 0.717) is 17.5 Å². The summed E-state index contributed by atoms with van der Waals surface area (Å²) < 4.78 is 13.6. The van der Waals surface area contributed by atoms with Crippen LogP contribution in [-0.4, -0.2) is 15.0 Å². The smallest absolute Gasteiger partial charge is 0.164 e. The van der Waals surface area contributed by atoms with Crippen LogP contribution in [-0.2, 0) is 5.41 Å². The second kappa shape index (κ2) is 11.0. The molecule has 1 aliphatic rings. The third kappa shape index (κ3) is 4.89. The average molecular weight is 596 g/mol. The minimum Gasteiger partial charge on any atom is -0.208 e. The Balaban J connectivity index is 1.14. The van der Waals surface area contributed by atoms with Gasteiger partial charge in [-0.1, -0.05) is 135 Å². The summed E-state index contributed by atoms with van der Waals surface area (Å²) >= 11 is 0.